The summed E-state index contributed by atoms with van der Waals surface area (Å²) in [6.45, 7) is 4.05. The number of aromatic nitrogens is 1. The van der Waals surface area contributed by atoms with Crippen LogP contribution in [0.15, 0.2) is 66.7 Å². The maximum Gasteiger partial charge on any atom is 0.273 e. The largest absolute Gasteiger partial charge is 0.497 e. The summed E-state index contributed by atoms with van der Waals surface area (Å²) < 4.78 is 9.26. The molecule has 4 rings (SSSR count). The smallest absolute Gasteiger partial charge is 0.273 e. The van der Waals surface area contributed by atoms with Crippen LogP contribution in [0.1, 0.15) is 48.5 Å². The topological polar surface area (TPSA) is 144 Å². The number of primary amides is 1. The molecule has 218 valence electrons. The van der Waals surface area contributed by atoms with Crippen LogP contribution in [0.2, 0.25) is 0 Å². The van der Waals surface area contributed by atoms with Crippen molar-refractivity contribution in [2.24, 2.45) is 5.73 Å². The number of benzene rings is 3. The molecule has 3 amide bonds. The highest BCUT2D eigenvalue weighted by Crippen LogP contribution is 2.34. The fourth-order valence-electron chi connectivity index (χ4n) is 4.61. The first kappa shape index (κ1) is 30.1. The number of nitrogens with one attached hydrogen (secondary N) is 1. The number of hydrogen-bond donors (Lipinski definition) is 3. The lowest BCUT2D eigenvalue weighted by Crippen LogP contribution is -2.44. The molecular formula is C31H34N6O4S. The van der Waals surface area contributed by atoms with Crippen LogP contribution in [0.25, 0.3) is 0 Å². The molecule has 1 aromatic heterocycles. The lowest BCUT2D eigenvalue weighted by molar-refractivity contribution is -0.122. The van der Waals surface area contributed by atoms with E-state index in [9.17, 15) is 14.4 Å². The van der Waals surface area contributed by atoms with Gasteiger partial charge in [0, 0.05) is 32.0 Å². The van der Waals surface area contributed by atoms with Crippen LogP contribution in [0.5, 0.6) is 5.75 Å². The number of amides is 3. The molecule has 0 spiro atoms. The van der Waals surface area contributed by atoms with Gasteiger partial charge < -0.3 is 26.4 Å². The third kappa shape index (κ3) is 6.52. The molecule has 0 aliphatic rings. The van der Waals surface area contributed by atoms with Crippen LogP contribution in [-0.2, 0) is 11.3 Å². The minimum absolute atomic E-state index is 0.0147. The van der Waals surface area contributed by atoms with E-state index in [-0.39, 0.29) is 22.8 Å². The van der Waals surface area contributed by atoms with Crippen LogP contribution in [-0.4, -0.2) is 43.3 Å². The predicted molar refractivity (Wildman–Crippen MR) is 166 cm³/mol. The second-order valence-electron chi connectivity index (χ2n) is 10.1. The summed E-state index contributed by atoms with van der Waals surface area (Å²) in [5.41, 5.74) is 16.0. The van der Waals surface area contributed by atoms with Crippen molar-refractivity contribution in [2.75, 3.05) is 36.7 Å². The summed E-state index contributed by atoms with van der Waals surface area (Å²) in [7, 11) is 5.43. The number of ether oxygens (including phenoxy) is 1. The Kier molecular flexibility index (Phi) is 9.12. The van der Waals surface area contributed by atoms with Crippen molar-refractivity contribution in [1.82, 2.24) is 9.69 Å². The van der Waals surface area contributed by atoms with Crippen molar-refractivity contribution in [3.05, 3.63) is 99.6 Å². The van der Waals surface area contributed by atoms with Crippen LogP contribution < -0.4 is 31.3 Å². The summed E-state index contributed by atoms with van der Waals surface area (Å²) in [5.74, 6) is -1.13. The maximum atomic E-state index is 14.3. The SMILES string of the molecule is COc1ccc(CNC(=O)[C@@H](c2ccc(N(C)C)cc2)N(C(=O)c2snc(C(N)=O)c2N)c2cc(C)cc(C)c2)cc1. The lowest BCUT2D eigenvalue weighted by Gasteiger charge is -2.32. The first-order chi connectivity index (χ1) is 20.0. The number of carbonyl (C=O) groups excluding carboxylic acids is 3. The number of methoxy groups -OCH3 is 1. The maximum absolute atomic E-state index is 14.3. The van der Waals surface area contributed by atoms with E-state index < -0.39 is 23.8 Å². The molecule has 0 unspecified atom stereocenters. The van der Waals surface area contributed by atoms with Gasteiger partial charge in [0.15, 0.2) is 5.69 Å². The van der Waals surface area contributed by atoms with Crippen LogP contribution in [0.3, 0.4) is 0 Å². The van der Waals surface area contributed by atoms with Gasteiger partial charge in [0.1, 0.15) is 16.7 Å². The van der Waals surface area contributed by atoms with Gasteiger partial charge in [-0.15, -0.1) is 0 Å². The Bertz CT molecular complexity index is 1580. The van der Waals surface area contributed by atoms with E-state index in [1.54, 1.807) is 7.11 Å². The average Bonchev–Trinajstić information content (AvgIpc) is 3.35. The van der Waals surface area contributed by atoms with E-state index in [1.165, 1.54) is 4.90 Å². The molecule has 0 saturated heterocycles. The summed E-state index contributed by atoms with van der Waals surface area (Å²) >= 11 is 0.771. The normalized spacial score (nSPS) is 11.5. The zero-order chi connectivity index (χ0) is 30.6. The number of carbonyl (C=O) groups is 3. The van der Waals surface area contributed by atoms with Gasteiger partial charge in [-0.3, -0.25) is 19.3 Å². The van der Waals surface area contributed by atoms with Crippen molar-refractivity contribution in [3.8, 4) is 5.75 Å². The third-order valence-corrected chi connectivity index (χ3v) is 7.57. The Hall–Kier alpha value is -4.90. The Labute approximate surface area is 249 Å². The summed E-state index contributed by atoms with van der Waals surface area (Å²) in [5, 5.41) is 2.99. The molecule has 1 heterocycles. The zero-order valence-corrected chi connectivity index (χ0v) is 25.0. The first-order valence-electron chi connectivity index (χ1n) is 13.1. The number of aryl methyl sites for hydroxylation is 2. The van der Waals surface area contributed by atoms with E-state index in [0.717, 1.165) is 33.9 Å². The van der Waals surface area contributed by atoms with Crippen molar-refractivity contribution in [3.63, 3.8) is 0 Å². The van der Waals surface area contributed by atoms with Crippen molar-refractivity contribution >= 4 is 46.3 Å². The second kappa shape index (κ2) is 12.7. The fourth-order valence-corrected chi connectivity index (χ4v) is 5.36. The highest BCUT2D eigenvalue weighted by atomic mass is 32.1. The summed E-state index contributed by atoms with van der Waals surface area (Å²) in [6.07, 6.45) is 0. The zero-order valence-electron chi connectivity index (χ0n) is 24.2. The molecule has 5 N–H and O–H groups in total. The Balaban J connectivity index is 1.84. The lowest BCUT2D eigenvalue weighted by atomic mass is 10.0. The molecular weight excluding hydrogens is 552 g/mol. The summed E-state index contributed by atoms with van der Waals surface area (Å²) in [6, 6.07) is 19.3. The molecule has 11 heteroatoms. The van der Waals surface area contributed by atoms with Crippen LogP contribution >= 0.6 is 11.5 Å². The van der Waals surface area contributed by atoms with Gasteiger partial charge in [0.05, 0.1) is 12.8 Å². The standard InChI is InChI=1S/C31H34N6O4S/c1-18-14-19(2)16-23(15-18)37(31(40)28-25(32)26(29(33)38)35-42-28)27(21-8-10-22(11-9-21)36(3)4)30(39)34-17-20-6-12-24(41-5)13-7-20/h6-16,27H,17,32H2,1-5H3,(H2,33,38)(H,34,39)/t27-/m1/s1. The number of nitrogens with two attached hydrogens (primary N) is 2. The van der Waals surface area contributed by atoms with E-state index >= 15 is 0 Å². The number of nitrogen functional groups attached to an aromatic ring is 1. The van der Waals surface area contributed by atoms with Gasteiger partial charge in [-0.05, 0) is 84.0 Å². The van der Waals surface area contributed by atoms with Gasteiger partial charge in [-0.1, -0.05) is 30.3 Å². The molecule has 1 atom stereocenters. The molecule has 0 radical (unpaired) electrons. The first-order valence-corrected chi connectivity index (χ1v) is 13.9. The molecule has 0 bridgehead atoms. The monoisotopic (exact) mass is 586 g/mol. The Morgan fingerprint density at radius 2 is 1.57 bits per heavy atom. The molecule has 3 aromatic carbocycles. The minimum Gasteiger partial charge on any atom is -0.497 e. The molecule has 0 fully saturated rings. The quantitative estimate of drug-likeness (QED) is 0.252. The molecule has 10 nitrogen and oxygen atoms in total. The number of nitrogens with zero attached hydrogens (tertiary/aromatic N) is 3. The molecule has 0 aliphatic carbocycles. The van der Waals surface area contributed by atoms with Crippen molar-refractivity contribution in [2.45, 2.75) is 26.4 Å². The average molecular weight is 587 g/mol. The van der Waals surface area contributed by atoms with Gasteiger partial charge >= 0.3 is 0 Å². The highest BCUT2D eigenvalue weighted by molar-refractivity contribution is 7.09. The van der Waals surface area contributed by atoms with Crippen molar-refractivity contribution in [1.29, 1.82) is 0 Å². The molecule has 42 heavy (non-hydrogen) atoms. The van der Waals surface area contributed by atoms with Gasteiger partial charge in [-0.2, -0.15) is 4.37 Å². The number of hydrogen-bond acceptors (Lipinski definition) is 8. The number of anilines is 3. The van der Waals surface area contributed by atoms with Crippen molar-refractivity contribution < 1.29 is 19.1 Å². The molecule has 4 aromatic rings. The van der Waals surface area contributed by atoms with Gasteiger partial charge in [-0.25, -0.2) is 0 Å². The van der Waals surface area contributed by atoms with Gasteiger partial charge in [0.25, 0.3) is 11.8 Å². The highest BCUT2D eigenvalue weighted by Gasteiger charge is 2.36. The predicted octanol–water partition coefficient (Wildman–Crippen LogP) is 4.22. The summed E-state index contributed by atoms with van der Waals surface area (Å²) in [4.78, 5) is 43.7. The van der Waals surface area contributed by atoms with Crippen LogP contribution in [0.4, 0.5) is 17.1 Å². The third-order valence-electron chi connectivity index (χ3n) is 6.72. The minimum atomic E-state index is -1.09. The van der Waals surface area contributed by atoms with Crippen LogP contribution in [0, 0.1) is 13.8 Å². The molecule has 0 saturated carbocycles. The fraction of sp³-hybridized carbons (Fsp3) is 0.226. The van der Waals surface area contributed by atoms with Gasteiger partial charge in [0.2, 0.25) is 5.91 Å². The molecule has 0 aliphatic heterocycles. The van der Waals surface area contributed by atoms with E-state index in [2.05, 4.69) is 9.69 Å². The van der Waals surface area contributed by atoms with E-state index in [0.29, 0.717) is 17.0 Å². The van der Waals surface area contributed by atoms with E-state index in [1.807, 2.05) is 99.6 Å². The number of rotatable bonds is 10. The van der Waals surface area contributed by atoms with E-state index in [4.69, 9.17) is 16.2 Å². The Morgan fingerprint density at radius 3 is 2.10 bits per heavy atom. The Morgan fingerprint density at radius 1 is 0.952 bits per heavy atom. The second-order valence-corrected chi connectivity index (χ2v) is 10.9.